The van der Waals surface area contributed by atoms with Gasteiger partial charge in [-0.05, 0) is 47.5 Å². The molecule has 1 N–H and O–H groups in total. The van der Waals surface area contributed by atoms with E-state index in [9.17, 15) is 13.2 Å². The fourth-order valence-corrected chi connectivity index (χ4v) is 4.94. The molecule has 0 spiro atoms. The van der Waals surface area contributed by atoms with Crippen molar-refractivity contribution in [3.63, 3.8) is 0 Å². The van der Waals surface area contributed by atoms with Crippen LogP contribution in [0.1, 0.15) is 37.0 Å². The highest BCUT2D eigenvalue weighted by Gasteiger charge is 2.29. The SMILES string of the molecule is CCCC(C)NC(=O)c1ccc(Br)c(S(=O)(=O)N2CCOCC2)c1. The molecule has 1 heterocycles. The number of rotatable bonds is 6. The first-order chi connectivity index (χ1) is 11.4. The summed E-state index contributed by atoms with van der Waals surface area (Å²) in [5.41, 5.74) is 0.341. The van der Waals surface area contributed by atoms with E-state index in [0.29, 0.717) is 36.3 Å². The summed E-state index contributed by atoms with van der Waals surface area (Å²) >= 11 is 3.29. The van der Waals surface area contributed by atoms with Gasteiger partial charge in [-0.15, -0.1) is 0 Å². The van der Waals surface area contributed by atoms with Crippen molar-refractivity contribution in [2.45, 2.75) is 37.6 Å². The Morgan fingerprint density at radius 1 is 1.38 bits per heavy atom. The van der Waals surface area contributed by atoms with Crippen molar-refractivity contribution >= 4 is 31.9 Å². The zero-order valence-corrected chi connectivity index (χ0v) is 16.3. The van der Waals surface area contributed by atoms with Gasteiger partial charge in [-0.3, -0.25) is 4.79 Å². The Kier molecular flexibility index (Phi) is 6.79. The topological polar surface area (TPSA) is 75.7 Å². The second-order valence-corrected chi connectivity index (χ2v) is 8.59. The van der Waals surface area contributed by atoms with E-state index >= 15 is 0 Å². The lowest BCUT2D eigenvalue weighted by atomic mass is 10.1. The second-order valence-electron chi connectivity index (χ2n) is 5.82. The average Bonchev–Trinajstić information content (AvgIpc) is 2.56. The molecule has 1 saturated heterocycles. The lowest BCUT2D eigenvalue weighted by Gasteiger charge is -2.26. The summed E-state index contributed by atoms with van der Waals surface area (Å²) in [6.45, 7) is 5.38. The zero-order chi connectivity index (χ0) is 17.7. The number of sulfonamides is 1. The first kappa shape index (κ1) is 19.4. The van der Waals surface area contributed by atoms with Crippen molar-refractivity contribution in [3.05, 3.63) is 28.2 Å². The number of carbonyl (C=O) groups excluding carboxylic acids is 1. The predicted molar refractivity (Wildman–Crippen MR) is 95.6 cm³/mol. The van der Waals surface area contributed by atoms with Crippen molar-refractivity contribution in [2.24, 2.45) is 0 Å². The van der Waals surface area contributed by atoms with E-state index in [-0.39, 0.29) is 16.8 Å². The highest BCUT2D eigenvalue weighted by molar-refractivity contribution is 9.10. The van der Waals surface area contributed by atoms with Gasteiger partial charge in [0.25, 0.3) is 5.91 Å². The van der Waals surface area contributed by atoms with E-state index in [0.717, 1.165) is 12.8 Å². The number of amides is 1. The van der Waals surface area contributed by atoms with Gasteiger partial charge in [0, 0.05) is 29.2 Å². The highest BCUT2D eigenvalue weighted by Crippen LogP contribution is 2.27. The number of ether oxygens (including phenoxy) is 1. The van der Waals surface area contributed by atoms with Gasteiger partial charge >= 0.3 is 0 Å². The minimum atomic E-state index is -3.66. The number of morpholine rings is 1. The number of nitrogens with one attached hydrogen (secondary N) is 1. The Morgan fingerprint density at radius 3 is 2.67 bits per heavy atom. The summed E-state index contributed by atoms with van der Waals surface area (Å²) in [5.74, 6) is -0.262. The van der Waals surface area contributed by atoms with Crippen LogP contribution in [0.2, 0.25) is 0 Å². The van der Waals surface area contributed by atoms with E-state index in [2.05, 4.69) is 28.2 Å². The maximum atomic E-state index is 12.8. The largest absolute Gasteiger partial charge is 0.379 e. The Bertz CT molecular complexity index is 687. The van der Waals surface area contributed by atoms with Crippen LogP contribution < -0.4 is 5.32 Å². The molecule has 1 aliphatic heterocycles. The van der Waals surface area contributed by atoms with Crippen LogP contribution in [0.3, 0.4) is 0 Å². The number of nitrogens with zero attached hydrogens (tertiary/aromatic N) is 1. The summed E-state index contributed by atoms with van der Waals surface area (Å²) < 4.78 is 32.7. The van der Waals surface area contributed by atoms with Crippen LogP contribution in [0.15, 0.2) is 27.6 Å². The van der Waals surface area contributed by atoms with Gasteiger partial charge in [-0.1, -0.05) is 13.3 Å². The van der Waals surface area contributed by atoms with Gasteiger partial charge < -0.3 is 10.1 Å². The molecule has 1 amide bonds. The van der Waals surface area contributed by atoms with Crippen molar-refractivity contribution in [2.75, 3.05) is 26.3 Å². The van der Waals surface area contributed by atoms with Crippen molar-refractivity contribution in [1.29, 1.82) is 0 Å². The van der Waals surface area contributed by atoms with E-state index in [1.165, 1.54) is 10.4 Å². The lowest BCUT2D eigenvalue weighted by Crippen LogP contribution is -2.40. The van der Waals surface area contributed by atoms with Gasteiger partial charge in [-0.2, -0.15) is 4.31 Å². The number of carbonyl (C=O) groups is 1. The summed E-state index contributed by atoms with van der Waals surface area (Å²) in [5, 5.41) is 2.89. The fourth-order valence-electron chi connectivity index (χ4n) is 2.58. The minimum absolute atomic E-state index is 0.0467. The molecule has 1 aromatic rings. The lowest BCUT2D eigenvalue weighted by molar-refractivity contribution is 0.0730. The molecule has 0 aliphatic carbocycles. The maximum Gasteiger partial charge on any atom is 0.251 e. The molecule has 0 aromatic heterocycles. The third-order valence-corrected chi connectivity index (χ3v) is 6.77. The summed E-state index contributed by atoms with van der Waals surface area (Å²) in [7, 11) is -3.66. The molecule has 1 atom stereocenters. The summed E-state index contributed by atoms with van der Waals surface area (Å²) in [4.78, 5) is 12.5. The zero-order valence-electron chi connectivity index (χ0n) is 13.9. The van der Waals surface area contributed by atoms with Gasteiger partial charge in [0.15, 0.2) is 0 Å². The molecule has 24 heavy (non-hydrogen) atoms. The van der Waals surface area contributed by atoms with E-state index in [1.54, 1.807) is 12.1 Å². The predicted octanol–water partition coefficient (Wildman–Crippen LogP) is 2.39. The van der Waals surface area contributed by atoms with E-state index in [1.807, 2.05) is 6.92 Å². The number of hydrogen-bond acceptors (Lipinski definition) is 4. The van der Waals surface area contributed by atoms with Crippen LogP contribution in [0.4, 0.5) is 0 Å². The maximum absolute atomic E-state index is 12.8. The van der Waals surface area contributed by atoms with Crippen molar-refractivity contribution in [3.8, 4) is 0 Å². The molecule has 1 unspecified atom stereocenters. The molecule has 1 fully saturated rings. The van der Waals surface area contributed by atoms with Crippen molar-refractivity contribution in [1.82, 2.24) is 9.62 Å². The molecule has 8 heteroatoms. The normalized spacial score (nSPS) is 17.5. The van der Waals surface area contributed by atoms with Crippen LogP contribution in [-0.2, 0) is 14.8 Å². The molecule has 1 aliphatic rings. The molecular formula is C16H23BrN2O4S. The number of halogens is 1. The molecular weight excluding hydrogens is 396 g/mol. The molecule has 134 valence electrons. The first-order valence-corrected chi connectivity index (χ1v) is 10.3. The van der Waals surface area contributed by atoms with E-state index < -0.39 is 10.0 Å². The average molecular weight is 419 g/mol. The standard InChI is InChI=1S/C16H23BrN2O4S/c1-3-4-12(2)18-16(20)13-5-6-14(17)15(11-13)24(21,22)19-7-9-23-10-8-19/h5-6,11-12H,3-4,7-10H2,1-2H3,(H,18,20). The molecule has 0 radical (unpaired) electrons. The van der Waals surface area contributed by atoms with Gasteiger partial charge in [-0.25, -0.2) is 8.42 Å². The molecule has 0 bridgehead atoms. The molecule has 1 aromatic carbocycles. The first-order valence-electron chi connectivity index (χ1n) is 8.04. The minimum Gasteiger partial charge on any atom is -0.379 e. The van der Waals surface area contributed by atoms with Crippen LogP contribution in [0, 0.1) is 0 Å². The summed E-state index contributed by atoms with van der Waals surface area (Å²) in [6.07, 6.45) is 1.85. The van der Waals surface area contributed by atoms with Gasteiger partial charge in [0.2, 0.25) is 10.0 Å². The van der Waals surface area contributed by atoms with Crippen LogP contribution in [-0.4, -0.2) is 51.0 Å². The molecule has 2 rings (SSSR count). The third kappa shape index (κ3) is 4.56. The monoisotopic (exact) mass is 418 g/mol. The Morgan fingerprint density at radius 2 is 2.04 bits per heavy atom. The van der Waals surface area contributed by atoms with E-state index in [4.69, 9.17) is 4.74 Å². The summed E-state index contributed by atoms with van der Waals surface area (Å²) in [6, 6.07) is 4.71. The smallest absolute Gasteiger partial charge is 0.251 e. The van der Waals surface area contributed by atoms with Crippen LogP contribution >= 0.6 is 15.9 Å². The Labute approximate surface area is 151 Å². The van der Waals surface area contributed by atoms with Crippen LogP contribution in [0.5, 0.6) is 0 Å². The number of benzene rings is 1. The van der Waals surface area contributed by atoms with Gasteiger partial charge in [0.1, 0.15) is 0 Å². The molecule has 0 saturated carbocycles. The van der Waals surface area contributed by atoms with Crippen LogP contribution in [0.25, 0.3) is 0 Å². The Balaban J connectivity index is 2.26. The fraction of sp³-hybridized carbons (Fsp3) is 0.562. The number of hydrogen-bond donors (Lipinski definition) is 1. The van der Waals surface area contributed by atoms with Gasteiger partial charge in [0.05, 0.1) is 18.1 Å². The quantitative estimate of drug-likeness (QED) is 0.769. The highest BCUT2D eigenvalue weighted by atomic mass is 79.9. The van der Waals surface area contributed by atoms with Crippen molar-refractivity contribution < 1.29 is 17.9 Å². The Hall–Kier alpha value is -0.960. The second kappa shape index (κ2) is 8.42. The molecule has 6 nitrogen and oxygen atoms in total. The third-order valence-electron chi connectivity index (χ3n) is 3.88.